The van der Waals surface area contributed by atoms with Crippen molar-refractivity contribution < 1.29 is 32.5 Å². The van der Waals surface area contributed by atoms with E-state index in [0.29, 0.717) is 0 Å². The Morgan fingerprint density at radius 2 is 1.88 bits per heavy atom. The number of phenolic OH excluding ortho intramolecular Hbond substituents is 1. The Morgan fingerprint density at radius 3 is 2.44 bits per heavy atom. The molecule has 0 aromatic heterocycles. The van der Waals surface area contributed by atoms with Gasteiger partial charge in [-0.15, -0.1) is 13.2 Å². The van der Waals surface area contributed by atoms with Gasteiger partial charge in [-0.05, 0) is 43.3 Å². The Balaban J connectivity index is 2.14. The quantitative estimate of drug-likeness (QED) is 0.801. The predicted molar refractivity (Wildman–Crippen MR) is 85.4 cm³/mol. The van der Waals surface area contributed by atoms with Crippen LogP contribution in [0.1, 0.15) is 17.3 Å². The van der Waals surface area contributed by atoms with Crippen LogP contribution in [0.2, 0.25) is 5.02 Å². The summed E-state index contributed by atoms with van der Waals surface area (Å²) < 4.78 is 45.2. The van der Waals surface area contributed by atoms with Gasteiger partial charge >= 0.3 is 6.36 Å². The summed E-state index contributed by atoms with van der Waals surface area (Å²) in [5.41, 5.74) is 0.364. The number of halogens is 4. The average molecular weight is 376 g/mol. The molecule has 0 saturated heterocycles. The molecule has 0 heterocycles. The van der Waals surface area contributed by atoms with Gasteiger partial charge in [0.2, 0.25) is 0 Å². The molecular weight excluding hydrogens is 363 g/mol. The first-order valence-corrected chi connectivity index (χ1v) is 7.40. The Bertz CT molecular complexity index is 763. The van der Waals surface area contributed by atoms with Crippen LogP contribution in [-0.2, 0) is 0 Å². The van der Waals surface area contributed by atoms with Crippen molar-refractivity contribution in [3.05, 3.63) is 47.0 Å². The van der Waals surface area contributed by atoms with Crippen molar-refractivity contribution in [1.82, 2.24) is 0 Å². The second-order valence-corrected chi connectivity index (χ2v) is 5.17. The Morgan fingerprint density at radius 1 is 1.24 bits per heavy atom. The van der Waals surface area contributed by atoms with Gasteiger partial charge in [-0.25, -0.2) is 0 Å². The molecule has 2 N–H and O–H groups in total. The number of nitrogens with one attached hydrogen (secondary N) is 1. The number of aromatic hydroxyl groups is 1. The molecule has 0 atom stereocenters. The molecule has 1 amide bonds. The molecular formula is C16H13ClF3NO4. The van der Waals surface area contributed by atoms with Crippen LogP contribution in [0.25, 0.3) is 0 Å². The van der Waals surface area contributed by atoms with Crippen molar-refractivity contribution in [3.8, 4) is 17.2 Å². The molecule has 0 aliphatic rings. The summed E-state index contributed by atoms with van der Waals surface area (Å²) in [4.78, 5) is 12.2. The number of benzene rings is 2. The highest BCUT2D eigenvalue weighted by atomic mass is 35.5. The second kappa shape index (κ2) is 7.52. The highest BCUT2D eigenvalue weighted by Crippen LogP contribution is 2.35. The Labute approximate surface area is 145 Å². The van der Waals surface area contributed by atoms with Gasteiger partial charge < -0.3 is 19.9 Å². The number of phenols is 1. The van der Waals surface area contributed by atoms with E-state index >= 15 is 0 Å². The minimum Gasteiger partial charge on any atom is -0.503 e. The highest BCUT2D eigenvalue weighted by molar-refractivity contribution is 6.32. The number of amides is 1. The number of ether oxygens (including phenoxy) is 2. The van der Waals surface area contributed by atoms with E-state index in [4.69, 9.17) is 16.3 Å². The number of hydrogen-bond acceptors (Lipinski definition) is 4. The van der Waals surface area contributed by atoms with Crippen molar-refractivity contribution in [2.24, 2.45) is 0 Å². The second-order valence-electron chi connectivity index (χ2n) is 4.76. The minimum atomic E-state index is -4.79. The summed E-state index contributed by atoms with van der Waals surface area (Å²) in [6.45, 7) is 1.96. The number of alkyl halides is 3. The topological polar surface area (TPSA) is 67.8 Å². The summed E-state index contributed by atoms with van der Waals surface area (Å²) in [6, 6.07) is 7.20. The molecule has 9 heteroatoms. The van der Waals surface area contributed by atoms with Gasteiger partial charge in [0.25, 0.3) is 5.91 Å². The summed E-state index contributed by atoms with van der Waals surface area (Å²) in [5, 5.41) is 12.2. The van der Waals surface area contributed by atoms with Crippen molar-refractivity contribution in [3.63, 3.8) is 0 Å². The molecule has 0 radical (unpaired) electrons. The lowest BCUT2D eigenvalue weighted by Crippen LogP contribution is -2.17. The molecule has 2 aromatic carbocycles. The predicted octanol–water partition coefficient (Wildman–Crippen LogP) is 4.60. The average Bonchev–Trinajstić information content (AvgIpc) is 2.52. The van der Waals surface area contributed by atoms with Gasteiger partial charge in [-0.3, -0.25) is 4.79 Å². The Hall–Kier alpha value is -2.61. The fourth-order valence-electron chi connectivity index (χ4n) is 1.91. The molecule has 5 nitrogen and oxygen atoms in total. The largest absolute Gasteiger partial charge is 0.573 e. The summed E-state index contributed by atoms with van der Waals surface area (Å²) in [7, 11) is 0. The maximum Gasteiger partial charge on any atom is 0.573 e. The molecule has 0 unspecified atom stereocenters. The standard InChI is InChI=1S/C16H13ClF3NO4/c1-2-24-13-8-9(7-12(17)14(13)22)15(23)21-10-3-5-11(6-4-10)25-16(18,19)20/h3-8,22H,2H2,1H3,(H,21,23). The smallest absolute Gasteiger partial charge is 0.503 e. The maximum absolute atomic E-state index is 12.2. The zero-order valence-corrected chi connectivity index (χ0v) is 13.6. The van der Waals surface area contributed by atoms with Gasteiger partial charge in [0, 0.05) is 11.3 Å². The molecule has 134 valence electrons. The molecule has 0 saturated carbocycles. The number of carbonyl (C=O) groups is 1. The third kappa shape index (κ3) is 5.18. The minimum absolute atomic E-state index is 0.0501. The third-order valence-electron chi connectivity index (χ3n) is 2.94. The summed E-state index contributed by atoms with van der Waals surface area (Å²) >= 11 is 5.85. The first kappa shape index (κ1) is 18.7. The molecule has 25 heavy (non-hydrogen) atoms. The van der Waals surface area contributed by atoms with Crippen LogP contribution in [0, 0.1) is 0 Å². The normalized spacial score (nSPS) is 11.1. The molecule has 2 rings (SSSR count). The van der Waals surface area contributed by atoms with Crippen molar-refractivity contribution in [2.45, 2.75) is 13.3 Å². The van der Waals surface area contributed by atoms with Crippen LogP contribution in [0.3, 0.4) is 0 Å². The number of anilines is 1. The van der Waals surface area contributed by atoms with E-state index in [1.54, 1.807) is 6.92 Å². The molecule has 0 aliphatic heterocycles. The number of hydrogen-bond donors (Lipinski definition) is 2. The van der Waals surface area contributed by atoms with E-state index in [9.17, 15) is 23.1 Å². The van der Waals surface area contributed by atoms with E-state index in [0.717, 1.165) is 12.1 Å². The van der Waals surface area contributed by atoms with Crippen LogP contribution in [0.4, 0.5) is 18.9 Å². The van der Waals surface area contributed by atoms with E-state index < -0.39 is 18.0 Å². The lowest BCUT2D eigenvalue weighted by atomic mass is 10.1. The van der Waals surface area contributed by atoms with E-state index in [1.807, 2.05) is 0 Å². The first-order valence-electron chi connectivity index (χ1n) is 7.02. The van der Waals surface area contributed by atoms with Crippen molar-refractivity contribution >= 4 is 23.2 Å². The van der Waals surface area contributed by atoms with E-state index in [1.165, 1.54) is 24.3 Å². The van der Waals surface area contributed by atoms with Crippen molar-refractivity contribution in [2.75, 3.05) is 11.9 Å². The van der Waals surface area contributed by atoms with E-state index in [2.05, 4.69) is 10.1 Å². The van der Waals surface area contributed by atoms with Gasteiger partial charge in [0.15, 0.2) is 11.5 Å². The zero-order valence-electron chi connectivity index (χ0n) is 12.9. The summed E-state index contributed by atoms with van der Waals surface area (Å²) in [5.74, 6) is -1.22. The van der Waals surface area contributed by atoms with Gasteiger partial charge in [0.1, 0.15) is 5.75 Å². The maximum atomic E-state index is 12.2. The lowest BCUT2D eigenvalue weighted by molar-refractivity contribution is -0.274. The SMILES string of the molecule is CCOc1cc(C(=O)Nc2ccc(OC(F)(F)F)cc2)cc(Cl)c1O. The molecule has 0 aliphatic carbocycles. The fraction of sp³-hybridized carbons (Fsp3) is 0.188. The van der Waals surface area contributed by atoms with Gasteiger partial charge in [-0.1, -0.05) is 11.6 Å². The summed E-state index contributed by atoms with van der Waals surface area (Å²) in [6.07, 6.45) is -4.79. The van der Waals surface area contributed by atoms with Crippen LogP contribution < -0.4 is 14.8 Å². The number of carbonyl (C=O) groups excluding carboxylic acids is 1. The van der Waals surface area contributed by atoms with Crippen LogP contribution in [-0.4, -0.2) is 24.0 Å². The zero-order chi connectivity index (χ0) is 18.6. The lowest BCUT2D eigenvalue weighted by Gasteiger charge is -2.11. The molecule has 0 spiro atoms. The van der Waals surface area contributed by atoms with E-state index in [-0.39, 0.29) is 34.4 Å². The number of rotatable bonds is 5. The first-order chi connectivity index (χ1) is 11.7. The van der Waals surface area contributed by atoms with Crippen LogP contribution in [0.5, 0.6) is 17.2 Å². The fourth-order valence-corrected chi connectivity index (χ4v) is 2.12. The Kier molecular flexibility index (Phi) is 5.63. The highest BCUT2D eigenvalue weighted by Gasteiger charge is 2.31. The van der Waals surface area contributed by atoms with Crippen LogP contribution in [0.15, 0.2) is 36.4 Å². The monoisotopic (exact) mass is 375 g/mol. The molecule has 0 fully saturated rings. The molecule has 0 bridgehead atoms. The van der Waals surface area contributed by atoms with Crippen LogP contribution >= 0.6 is 11.6 Å². The molecule has 2 aromatic rings. The van der Waals surface area contributed by atoms with Gasteiger partial charge in [0.05, 0.1) is 11.6 Å². The third-order valence-corrected chi connectivity index (χ3v) is 3.22. The van der Waals surface area contributed by atoms with Gasteiger partial charge in [-0.2, -0.15) is 0 Å². The van der Waals surface area contributed by atoms with Crippen molar-refractivity contribution in [1.29, 1.82) is 0 Å².